The zero-order valence-electron chi connectivity index (χ0n) is 14.2. The number of amides is 1. The van der Waals surface area contributed by atoms with Crippen LogP contribution in [0.15, 0.2) is 12.3 Å². The third-order valence-electron chi connectivity index (χ3n) is 3.48. The summed E-state index contributed by atoms with van der Waals surface area (Å²) in [5.74, 6) is 0.371. The van der Waals surface area contributed by atoms with Crippen LogP contribution in [-0.2, 0) is 0 Å². The molecule has 23 heavy (non-hydrogen) atoms. The first-order chi connectivity index (χ1) is 10.8. The fourth-order valence-corrected chi connectivity index (χ4v) is 2.35. The normalized spacial score (nSPS) is 11.1. The molecule has 0 fully saturated rings. The summed E-state index contributed by atoms with van der Waals surface area (Å²) in [4.78, 5) is 22.8. The smallest absolute Gasteiger partial charge is 0.257 e. The molecular weight excluding hydrogens is 294 g/mol. The molecule has 2 aromatic heterocycles. The second-order valence-electron chi connectivity index (χ2n) is 5.93. The van der Waals surface area contributed by atoms with Gasteiger partial charge >= 0.3 is 0 Å². The Morgan fingerprint density at radius 1 is 1.30 bits per heavy atom. The van der Waals surface area contributed by atoms with E-state index in [9.17, 15) is 4.79 Å². The molecule has 0 unspecified atom stereocenters. The average Bonchev–Trinajstić information content (AvgIpc) is 2.91. The molecule has 0 spiro atoms. The van der Waals surface area contributed by atoms with Gasteiger partial charge in [-0.05, 0) is 25.8 Å². The van der Waals surface area contributed by atoms with E-state index in [4.69, 9.17) is 5.11 Å². The van der Waals surface area contributed by atoms with Crippen LogP contribution in [-0.4, -0.2) is 55.9 Å². The van der Waals surface area contributed by atoms with E-state index in [2.05, 4.69) is 15.1 Å². The minimum Gasteiger partial charge on any atom is -0.395 e. The summed E-state index contributed by atoms with van der Waals surface area (Å²) in [5, 5.41) is 13.5. The summed E-state index contributed by atoms with van der Waals surface area (Å²) in [7, 11) is 1.66. The molecule has 7 nitrogen and oxygen atoms in total. The second kappa shape index (κ2) is 6.87. The Morgan fingerprint density at radius 2 is 1.91 bits per heavy atom. The third-order valence-corrected chi connectivity index (χ3v) is 3.48. The number of aryl methyl sites for hydroxylation is 2. The van der Waals surface area contributed by atoms with E-state index < -0.39 is 0 Å². The van der Waals surface area contributed by atoms with Crippen molar-refractivity contribution in [3.8, 4) is 5.95 Å². The van der Waals surface area contributed by atoms with Crippen LogP contribution in [0.1, 0.15) is 47.2 Å². The van der Waals surface area contributed by atoms with E-state index in [1.165, 1.54) is 4.90 Å². The number of hydrogen-bond acceptors (Lipinski definition) is 5. The third kappa shape index (κ3) is 3.73. The zero-order valence-corrected chi connectivity index (χ0v) is 14.2. The van der Waals surface area contributed by atoms with Crippen molar-refractivity contribution in [2.45, 2.75) is 33.6 Å². The van der Waals surface area contributed by atoms with Crippen molar-refractivity contribution in [2.75, 3.05) is 20.2 Å². The summed E-state index contributed by atoms with van der Waals surface area (Å²) in [6.07, 6.45) is 1.67. The van der Waals surface area contributed by atoms with Crippen molar-refractivity contribution in [2.24, 2.45) is 0 Å². The number of likely N-dealkylation sites (N-methyl/N-ethyl adjacent to an activating group) is 1. The highest BCUT2D eigenvalue weighted by atomic mass is 16.3. The van der Waals surface area contributed by atoms with Crippen LogP contribution < -0.4 is 0 Å². The molecule has 0 aliphatic carbocycles. The lowest BCUT2D eigenvalue weighted by molar-refractivity contribution is 0.0765. The molecule has 2 aromatic rings. The number of aromatic nitrogens is 4. The van der Waals surface area contributed by atoms with Gasteiger partial charge in [-0.1, -0.05) is 13.8 Å². The molecule has 0 radical (unpaired) electrons. The molecule has 0 aliphatic heterocycles. The second-order valence-corrected chi connectivity index (χ2v) is 5.93. The van der Waals surface area contributed by atoms with Crippen molar-refractivity contribution < 1.29 is 9.90 Å². The van der Waals surface area contributed by atoms with Crippen molar-refractivity contribution in [1.29, 1.82) is 0 Å². The summed E-state index contributed by atoms with van der Waals surface area (Å²) in [6.45, 7) is 7.96. The van der Waals surface area contributed by atoms with Crippen LogP contribution in [0.2, 0.25) is 0 Å². The van der Waals surface area contributed by atoms with Crippen LogP contribution >= 0.6 is 0 Å². The number of aliphatic hydroxyl groups excluding tert-OH is 1. The monoisotopic (exact) mass is 317 g/mol. The van der Waals surface area contributed by atoms with Gasteiger partial charge in [-0.2, -0.15) is 5.10 Å². The van der Waals surface area contributed by atoms with Crippen molar-refractivity contribution in [3.05, 3.63) is 34.9 Å². The highest BCUT2D eigenvalue weighted by Crippen LogP contribution is 2.20. The number of carbonyl (C=O) groups is 1. The van der Waals surface area contributed by atoms with Gasteiger partial charge in [-0.15, -0.1) is 0 Å². The van der Waals surface area contributed by atoms with Crippen LogP contribution in [0, 0.1) is 13.8 Å². The van der Waals surface area contributed by atoms with Crippen molar-refractivity contribution >= 4 is 5.91 Å². The predicted molar refractivity (Wildman–Crippen MR) is 86.8 cm³/mol. The molecular formula is C16H23N5O2. The van der Waals surface area contributed by atoms with Gasteiger partial charge in [0.25, 0.3) is 11.9 Å². The Labute approximate surface area is 136 Å². The first kappa shape index (κ1) is 17.1. The highest BCUT2D eigenvalue weighted by molar-refractivity contribution is 5.95. The Hall–Kier alpha value is -2.28. The lowest BCUT2D eigenvalue weighted by Crippen LogP contribution is -2.30. The first-order valence-electron chi connectivity index (χ1n) is 7.62. The minimum absolute atomic E-state index is 0.0758. The molecule has 0 bridgehead atoms. The maximum atomic E-state index is 12.6. The van der Waals surface area contributed by atoms with E-state index in [0.29, 0.717) is 17.2 Å². The summed E-state index contributed by atoms with van der Waals surface area (Å²) >= 11 is 0. The molecule has 7 heteroatoms. The highest BCUT2D eigenvalue weighted by Gasteiger charge is 2.22. The fourth-order valence-electron chi connectivity index (χ4n) is 2.35. The number of nitrogens with zero attached hydrogens (tertiary/aromatic N) is 5. The number of aliphatic hydroxyl groups is 1. The van der Waals surface area contributed by atoms with E-state index >= 15 is 0 Å². The van der Waals surface area contributed by atoms with Crippen molar-refractivity contribution in [3.63, 3.8) is 0 Å². The Bertz CT molecular complexity index is 688. The molecule has 124 valence electrons. The van der Waals surface area contributed by atoms with E-state index in [1.54, 1.807) is 17.9 Å². The largest absolute Gasteiger partial charge is 0.395 e. The Balaban J connectivity index is 2.48. The Morgan fingerprint density at radius 3 is 2.43 bits per heavy atom. The van der Waals surface area contributed by atoms with E-state index in [1.807, 2.05) is 33.8 Å². The summed E-state index contributed by atoms with van der Waals surface area (Å²) in [5.41, 5.74) is 2.90. The number of hydrogen-bond donors (Lipinski definition) is 1. The van der Waals surface area contributed by atoms with Gasteiger partial charge in [0.05, 0.1) is 17.9 Å². The van der Waals surface area contributed by atoms with Gasteiger partial charge in [0.1, 0.15) is 0 Å². The maximum Gasteiger partial charge on any atom is 0.257 e. The molecule has 1 N–H and O–H groups in total. The van der Waals surface area contributed by atoms with Crippen LogP contribution in [0.25, 0.3) is 5.95 Å². The quantitative estimate of drug-likeness (QED) is 0.902. The van der Waals surface area contributed by atoms with E-state index in [0.717, 1.165) is 11.4 Å². The molecule has 1 amide bonds. The van der Waals surface area contributed by atoms with E-state index in [-0.39, 0.29) is 25.0 Å². The first-order valence-corrected chi connectivity index (χ1v) is 7.62. The van der Waals surface area contributed by atoms with Crippen LogP contribution in [0.4, 0.5) is 0 Å². The topological polar surface area (TPSA) is 84.1 Å². The van der Waals surface area contributed by atoms with Gasteiger partial charge in [-0.25, -0.2) is 14.6 Å². The molecule has 0 aromatic carbocycles. The molecule has 2 heterocycles. The number of rotatable bonds is 5. The minimum atomic E-state index is -0.168. The van der Waals surface area contributed by atoms with Crippen LogP contribution in [0.5, 0.6) is 0 Å². The molecule has 0 saturated heterocycles. The molecule has 0 atom stereocenters. The predicted octanol–water partition coefficient (Wildman–Crippen LogP) is 1.47. The zero-order chi connectivity index (χ0) is 17.1. The summed E-state index contributed by atoms with van der Waals surface area (Å²) in [6, 6.07) is 1.89. The molecule has 0 aliphatic rings. The SMILES string of the molecule is Cc1cc(C)nc(-n2cc(C(=O)N(C)CCO)c(C(C)C)n2)n1. The standard InChI is InChI=1S/C16H23N5O2/c1-10(2)14-13(15(23)20(5)6-7-22)9-21(19-14)16-17-11(3)8-12(4)18-16/h8-10,22H,6-7H2,1-5H3. The number of carbonyl (C=O) groups excluding carboxylic acids is 1. The summed E-state index contributed by atoms with van der Waals surface area (Å²) < 4.78 is 1.55. The molecule has 2 rings (SSSR count). The van der Waals surface area contributed by atoms with Gasteiger partial charge in [0, 0.05) is 31.2 Å². The van der Waals surface area contributed by atoms with Gasteiger partial charge in [0.2, 0.25) is 0 Å². The van der Waals surface area contributed by atoms with Crippen LogP contribution in [0.3, 0.4) is 0 Å². The lowest BCUT2D eigenvalue weighted by atomic mass is 10.1. The van der Waals surface area contributed by atoms with Gasteiger partial charge in [0.15, 0.2) is 0 Å². The maximum absolute atomic E-state index is 12.6. The lowest BCUT2D eigenvalue weighted by Gasteiger charge is -2.15. The Kier molecular flexibility index (Phi) is 5.10. The fraction of sp³-hybridized carbons (Fsp3) is 0.500. The van der Waals surface area contributed by atoms with Gasteiger partial charge in [-0.3, -0.25) is 4.79 Å². The van der Waals surface area contributed by atoms with Crippen molar-refractivity contribution in [1.82, 2.24) is 24.6 Å². The molecule has 0 saturated carbocycles. The average molecular weight is 317 g/mol. The van der Waals surface area contributed by atoms with Gasteiger partial charge < -0.3 is 10.0 Å².